The van der Waals surface area contributed by atoms with Gasteiger partial charge in [-0.25, -0.2) is 0 Å². The van der Waals surface area contributed by atoms with Crippen LogP contribution in [0.3, 0.4) is 0 Å². The fourth-order valence-corrected chi connectivity index (χ4v) is 2.71. The molecule has 1 aromatic heterocycles. The van der Waals surface area contributed by atoms with Gasteiger partial charge in [-0.15, -0.1) is 0 Å². The van der Waals surface area contributed by atoms with Crippen LogP contribution in [0.25, 0.3) is 0 Å². The third kappa shape index (κ3) is 1.66. The number of amidine groups is 1. The molecule has 2 unspecified atom stereocenters. The number of allylic oxidation sites excluding steroid dienone is 2. The summed E-state index contributed by atoms with van der Waals surface area (Å²) in [6.45, 7) is 2.12. The Bertz CT molecular complexity index is 562. The summed E-state index contributed by atoms with van der Waals surface area (Å²) in [5.74, 6) is 0.961. The zero-order valence-corrected chi connectivity index (χ0v) is 11.1. The van der Waals surface area contributed by atoms with E-state index in [-0.39, 0.29) is 11.6 Å². The molecule has 2 heterocycles. The predicted molar refractivity (Wildman–Crippen MR) is 73.8 cm³/mol. The Morgan fingerprint density at radius 1 is 1.44 bits per heavy atom. The van der Waals surface area contributed by atoms with Crippen molar-refractivity contribution in [1.82, 2.24) is 9.88 Å². The molecule has 0 fully saturated rings. The van der Waals surface area contributed by atoms with Crippen LogP contribution < -0.4 is 0 Å². The van der Waals surface area contributed by atoms with Gasteiger partial charge in [0.25, 0.3) is 0 Å². The zero-order chi connectivity index (χ0) is 12.8. The summed E-state index contributed by atoms with van der Waals surface area (Å²) in [7, 11) is 2.04. The summed E-state index contributed by atoms with van der Waals surface area (Å²) in [6, 6.07) is 4.12. The normalized spacial score (nSPS) is 29.9. The van der Waals surface area contributed by atoms with E-state index < -0.39 is 0 Å². The van der Waals surface area contributed by atoms with Gasteiger partial charge < -0.3 is 4.90 Å². The van der Waals surface area contributed by atoms with Gasteiger partial charge in [0.1, 0.15) is 11.4 Å². The first kappa shape index (κ1) is 11.5. The molecule has 4 heteroatoms. The Balaban J connectivity index is 2.05. The fourth-order valence-electron chi connectivity index (χ4n) is 2.53. The lowest BCUT2D eigenvalue weighted by Crippen LogP contribution is -2.42. The van der Waals surface area contributed by atoms with E-state index in [0.29, 0.717) is 0 Å². The van der Waals surface area contributed by atoms with Gasteiger partial charge in [-0.05, 0) is 31.2 Å². The van der Waals surface area contributed by atoms with E-state index in [0.717, 1.165) is 16.4 Å². The highest BCUT2D eigenvalue weighted by Crippen LogP contribution is 2.35. The van der Waals surface area contributed by atoms with Gasteiger partial charge in [0.15, 0.2) is 0 Å². The average Bonchev–Trinajstić information content (AvgIpc) is 2.64. The van der Waals surface area contributed by atoms with E-state index >= 15 is 0 Å². The van der Waals surface area contributed by atoms with Crippen molar-refractivity contribution >= 4 is 17.4 Å². The van der Waals surface area contributed by atoms with Crippen molar-refractivity contribution in [1.29, 1.82) is 0 Å². The van der Waals surface area contributed by atoms with Crippen LogP contribution in [0.2, 0.25) is 0 Å². The topological polar surface area (TPSA) is 28.5 Å². The maximum atomic E-state index is 6.09. The highest BCUT2D eigenvalue weighted by Gasteiger charge is 2.42. The number of nitrogens with zero attached hydrogens (tertiary/aromatic N) is 3. The molecule has 0 spiro atoms. The van der Waals surface area contributed by atoms with Gasteiger partial charge in [-0.3, -0.25) is 9.98 Å². The molecule has 92 valence electrons. The quantitative estimate of drug-likeness (QED) is 0.776. The van der Waals surface area contributed by atoms with E-state index in [1.807, 2.05) is 31.5 Å². The summed E-state index contributed by atoms with van der Waals surface area (Å²) in [5.41, 5.74) is 0.798. The number of hydrogen-bond donors (Lipinski definition) is 0. The van der Waals surface area contributed by atoms with Gasteiger partial charge >= 0.3 is 0 Å². The highest BCUT2D eigenvalue weighted by molar-refractivity contribution is 6.31. The highest BCUT2D eigenvalue weighted by atomic mass is 35.5. The molecule has 0 N–H and O–H groups in total. The van der Waals surface area contributed by atoms with Crippen molar-refractivity contribution in [3.05, 3.63) is 53.4 Å². The average molecular weight is 260 g/mol. The van der Waals surface area contributed by atoms with Crippen LogP contribution in [0.4, 0.5) is 0 Å². The molecule has 0 saturated carbocycles. The number of fused-ring (bicyclic) bond motifs is 1. The third-order valence-corrected chi connectivity index (χ3v) is 3.77. The van der Waals surface area contributed by atoms with Crippen molar-refractivity contribution in [3.8, 4) is 0 Å². The van der Waals surface area contributed by atoms with E-state index in [1.54, 1.807) is 6.20 Å². The number of likely N-dealkylation sites (N-methyl/N-ethyl adjacent to an activating group) is 1. The van der Waals surface area contributed by atoms with E-state index in [9.17, 15) is 0 Å². The molecule has 2 aliphatic rings. The first-order chi connectivity index (χ1) is 8.60. The number of halogens is 1. The minimum Gasteiger partial charge on any atom is -0.350 e. The minimum atomic E-state index is -0.238. The lowest BCUT2D eigenvalue weighted by Gasteiger charge is -2.31. The van der Waals surface area contributed by atoms with Crippen LogP contribution in [0.1, 0.15) is 12.5 Å². The first-order valence-corrected chi connectivity index (χ1v) is 6.27. The standard InChI is InChI=1S/C14H14ClN3/c1-14-6-5-11(15)8-12(14)18(2)13(17-14)10-4-3-7-16-9-10/h3-9,12H,1-2H3. The fraction of sp³-hybridized carbons (Fsp3) is 0.286. The van der Waals surface area contributed by atoms with Crippen molar-refractivity contribution in [2.24, 2.45) is 4.99 Å². The molecule has 3 nitrogen and oxygen atoms in total. The second-order valence-corrected chi connectivity index (χ2v) is 5.28. The molecule has 0 aromatic carbocycles. The molecule has 0 amide bonds. The molecule has 1 aliphatic carbocycles. The van der Waals surface area contributed by atoms with Crippen molar-refractivity contribution < 1.29 is 0 Å². The van der Waals surface area contributed by atoms with Gasteiger partial charge in [0, 0.05) is 30.0 Å². The Labute approximate surface area is 112 Å². The molecular weight excluding hydrogens is 246 g/mol. The maximum Gasteiger partial charge on any atom is 0.133 e. The first-order valence-electron chi connectivity index (χ1n) is 5.90. The van der Waals surface area contributed by atoms with Gasteiger partial charge in [0.05, 0.1) is 6.04 Å². The summed E-state index contributed by atoms with van der Waals surface area (Å²) in [6.07, 6.45) is 9.64. The Morgan fingerprint density at radius 3 is 3.00 bits per heavy atom. The van der Waals surface area contributed by atoms with E-state index in [4.69, 9.17) is 16.6 Å². The van der Waals surface area contributed by atoms with Crippen LogP contribution in [-0.2, 0) is 0 Å². The van der Waals surface area contributed by atoms with Crippen molar-refractivity contribution in [2.45, 2.75) is 18.5 Å². The second kappa shape index (κ2) is 3.95. The zero-order valence-electron chi connectivity index (χ0n) is 10.3. The molecule has 1 aromatic rings. The Morgan fingerprint density at radius 2 is 2.28 bits per heavy atom. The lowest BCUT2D eigenvalue weighted by atomic mass is 9.89. The SMILES string of the molecule is CN1C(c2cccnc2)=NC2(C)C=CC(Cl)=CC12. The molecular formula is C14H14ClN3. The molecule has 1 aliphatic heterocycles. The monoisotopic (exact) mass is 259 g/mol. The van der Waals surface area contributed by atoms with Gasteiger partial charge in [-0.1, -0.05) is 17.7 Å². The number of hydrogen-bond acceptors (Lipinski definition) is 3. The van der Waals surface area contributed by atoms with Crippen LogP contribution in [0, 0.1) is 0 Å². The Hall–Kier alpha value is -1.61. The summed E-state index contributed by atoms with van der Waals surface area (Å²) in [4.78, 5) is 11.1. The smallest absolute Gasteiger partial charge is 0.133 e. The van der Waals surface area contributed by atoms with E-state index in [2.05, 4.69) is 29.0 Å². The number of pyridine rings is 1. The number of aliphatic imine (C=N–C) groups is 1. The van der Waals surface area contributed by atoms with Crippen molar-refractivity contribution in [2.75, 3.05) is 7.05 Å². The number of aromatic nitrogens is 1. The molecule has 18 heavy (non-hydrogen) atoms. The molecule has 2 atom stereocenters. The second-order valence-electron chi connectivity index (χ2n) is 4.84. The molecule has 0 bridgehead atoms. The molecule has 0 saturated heterocycles. The minimum absolute atomic E-state index is 0.171. The van der Waals surface area contributed by atoms with Crippen LogP contribution in [0.15, 0.2) is 52.8 Å². The van der Waals surface area contributed by atoms with E-state index in [1.165, 1.54) is 0 Å². The summed E-state index contributed by atoms with van der Waals surface area (Å²) >= 11 is 6.09. The summed E-state index contributed by atoms with van der Waals surface area (Å²) in [5, 5.41) is 0.770. The predicted octanol–water partition coefficient (Wildman–Crippen LogP) is 2.59. The largest absolute Gasteiger partial charge is 0.350 e. The number of rotatable bonds is 1. The Kier molecular flexibility index (Phi) is 2.52. The third-order valence-electron chi connectivity index (χ3n) is 3.51. The van der Waals surface area contributed by atoms with Crippen LogP contribution in [0.5, 0.6) is 0 Å². The summed E-state index contributed by atoms with van der Waals surface area (Å²) < 4.78 is 0. The van der Waals surface area contributed by atoms with Gasteiger partial charge in [-0.2, -0.15) is 0 Å². The molecule has 3 rings (SSSR count). The van der Waals surface area contributed by atoms with Gasteiger partial charge in [0.2, 0.25) is 0 Å². The lowest BCUT2D eigenvalue weighted by molar-refractivity contribution is 0.368. The van der Waals surface area contributed by atoms with Crippen LogP contribution >= 0.6 is 11.6 Å². The van der Waals surface area contributed by atoms with Crippen molar-refractivity contribution in [3.63, 3.8) is 0 Å². The molecule has 0 radical (unpaired) electrons. The maximum absolute atomic E-state index is 6.09. The van der Waals surface area contributed by atoms with Crippen LogP contribution in [-0.4, -0.2) is 34.3 Å².